The summed E-state index contributed by atoms with van der Waals surface area (Å²) < 4.78 is 5.29. The zero-order chi connectivity index (χ0) is 13.5. The van der Waals surface area contributed by atoms with Crippen LogP contribution in [0.1, 0.15) is 24.3 Å². The zero-order valence-electron chi connectivity index (χ0n) is 11.9. The first-order chi connectivity index (χ1) is 9.33. The highest BCUT2D eigenvalue weighted by molar-refractivity contribution is 5.20. The molecule has 1 aliphatic rings. The normalized spacial score (nSPS) is 22.3. The molecule has 2 atom stereocenters. The maximum absolute atomic E-state index is 5.96. The molecule has 0 saturated carbocycles. The molecule has 2 rings (SSSR count). The van der Waals surface area contributed by atoms with Crippen molar-refractivity contribution in [2.45, 2.75) is 18.8 Å². The van der Waals surface area contributed by atoms with Crippen LogP contribution >= 0.6 is 0 Å². The molecule has 1 fully saturated rings. The van der Waals surface area contributed by atoms with Crippen molar-refractivity contribution in [1.82, 2.24) is 4.90 Å². The summed E-state index contributed by atoms with van der Waals surface area (Å²) in [7, 11) is 1.80. The summed E-state index contributed by atoms with van der Waals surface area (Å²) in [6.45, 7) is 5.02. The van der Waals surface area contributed by atoms with Gasteiger partial charge in [-0.1, -0.05) is 30.3 Å². The fraction of sp³-hybridized carbons (Fsp3) is 0.625. The zero-order valence-corrected chi connectivity index (χ0v) is 11.9. The minimum atomic E-state index is 0.447. The topological polar surface area (TPSA) is 38.5 Å². The molecule has 19 heavy (non-hydrogen) atoms. The number of piperidine rings is 1. The summed E-state index contributed by atoms with van der Waals surface area (Å²) in [6.07, 6.45) is 2.57. The molecule has 2 unspecified atom stereocenters. The van der Waals surface area contributed by atoms with Gasteiger partial charge in [0.25, 0.3) is 0 Å². The Morgan fingerprint density at radius 3 is 2.84 bits per heavy atom. The van der Waals surface area contributed by atoms with Gasteiger partial charge in [-0.2, -0.15) is 0 Å². The lowest BCUT2D eigenvalue weighted by atomic mass is 9.94. The van der Waals surface area contributed by atoms with Crippen LogP contribution in [0.5, 0.6) is 0 Å². The van der Waals surface area contributed by atoms with E-state index in [4.69, 9.17) is 10.5 Å². The molecule has 1 aromatic rings. The van der Waals surface area contributed by atoms with E-state index >= 15 is 0 Å². The summed E-state index contributed by atoms with van der Waals surface area (Å²) in [5.41, 5.74) is 7.32. The molecule has 1 aliphatic heterocycles. The van der Waals surface area contributed by atoms with Gasteiger partial charge in [-0.05, 0) is 30.9 Å². The van der Waals surface area contributed by atoms with Crippen LogP contribution in [0.3, 0.4) is 0 Å². The molecule has 1 aromatic carbocycles. The van der Waals surface area contributed by atoms with Crippen LogP contribution in [-0.4, -0.2) is 44.8 Å². The lowest BCUT2D eigenvalue weighted by molar-refractivity contribution is 0.0879. The first-order valence-corrected chi connectivity index (χ1v) is 7.29. The van der Waals surface area contributed by atoms with Gasteiger partial charge >= 0.3 is 0 Å². The van der Waals surface area contributed by atoms with Gasteiger partial charge in [-0.25, -0.2) is 0 Å². The number of rotatable bonds is 6. The van der Waals surface area contributed by atoms with Gasteiger partial charge in [0.1, 0.15) is 0 Å². The van der Waals surface area contributed by atoms with E-state index in [9.17, 15) is 0 Å². The predicted octanol–water partition coefficient (Wildman–Crippen LogP) is 2.09. The van der Waals surface area contributed by atoms with Gasteiger partial charge < -0.3 is 15.4 Å². The van der Waals surface area contributed by atoms with Crippen LogP contribution in [0.25, 0.3) is 0 Å². The number of hydrogen-bond donors (Lipinski definition) is 1. The van der Waals surface area contributed by atoms with Gasteiger partial charge in [0.05, 0.1) is 6.61 Å². The molecule has 3 heteroatoms. The van der Waals surface area contributed by atoms with Crippen molar-refractivity contribution in [2.24, 2.45) is 11.7 Å². The van der Waals surface area contributed by atoms with Crippen molar-refractivity contribution in [1.29, 1.82) is 0 Å². The average Bonchev–Trinajstić information content (AvgIpc) is 2.46. The number of ether oxygens (including phenoxy) is 1. The molecule has 0 spiro atoms. The lowest BCUT2D eigenvalue weighted by Crippen LogP contribution is -2.40. The van der Waals surface area contributed by atoms with E-state index in [1.165, 1.54) is 24.9 Å². The molecule has 0 radical (unpaired) electrons. The summed E-state index contributed by atoms with van der Waals surface area (Å²) in [4.78, 5) is 2.55. The van der Waals surface area contributed by atoms with Gasteiger partial charge in [0.15, 0.2) is 0 Å². The predicted molar refractivity (Wildman–Crippen MR) is 79.3 cm³/mol. The highest BCUT2D eigenvalue weighted by Crippen LogP contribution is 2.21. The Bertz CT molecular complexity index is 353. The van der Waals surface area contributed by atoms with Crippen molar-refractivity contribution in [2.75, 3.05) is 39.9 Å². The molecule has 0 aromatic heterocycles. The Morgan fingerprint density at radius 1 is 1.37 bits per heavy atom. The average molecular weight is 262 g/mol. The molecule has 3 nitrogen and oxygen atoms in total. The van der Waals surface area contributed by atoms with Crippen LogP contribution in [0.2, 0.25) is 0 Å². The number of methoxy groups -OCH3 is 1. The van der Waals surface area contributed by atoms with Gasteiger partial charge in [-0.3, -0.25) is 0 Å². The first-order valence-electron chi connectivity index (χ1n) is 7.29. The third kappa shape index (κ3) is 4.30. The quantitative estimate of drug-likeness (QED) is 0.853. The second kappa shape index (κ2) is 7.63. The van der Waals surface area contributed by atoms with E-state index in [2.05, 4.69) is 35.2 Å². The summed E-state index contributed by atoms with van der Waals surface area (Å²) >= 11 is 0. The van der Waals surface area contributed by atoms with Crippen LogP contribution in [0.4, 0.5) is 0 Å². The molecular formula is C16H26N2O. The fourth-order valence-corrected chi connectivity index (χ4v) is 3.04. The molecule has 2 N–H and O–H groups in total. The van der Waals surface area contributed by atoms with Crippen molar-refractivity contribution in [3.8, 4) is 0 Å². The van der Waals surface area contributed by atoms with Crippen LogP contribution < -0.4 is 5.73 Å². The van der Waals surface area contributed by atoms with Gasteiger partial charge in [0.2, 0.25) is 0 Å². The monoisotopic (exact) mass is 262 g/mol. The lowest BCUT2D eigenvalue weighted by Gasteiger charge is -2.34. The Hall–Kier alpha value is -0.900. The molecule has 1 heterocycles. The summed E-state index contributed by atoms with van der Waals surface area (Å²) in [6, 6.07) is 10.6. The molecular weight excluding hydrogens is 236 g/mol. The molecule has 106 valence electrons. The molecule has 0 bridgehead atoms. The van der Waals surface area contributed by atoms with E-state index < -0.39 is 0 Å². The van der Waals surface area contributed by atoms with E-state index in [0.717, 1.165) is 26.2 Å². The maximum atomic E-state index is 5.96. The summed E-state index contributed by atoms with van der Waals surface area (Å²) in [5, 5.41) is 0. The minimum Gasteiger partial charge on any atom is -0.384 e. The standard InChI is InChI=1S/C16H26N2O/c1-19-13-14-6-5-9-18(11-14)12-16(10-17)15-7-3-2-4-8-15/h2-4,7-8,14,16H,5-6,9-13,17H2,1H3. The van der Waals surface area contributed by atoms with Crippen LogP contribution in [0, 0.1) is 5.92 Å². The van der Waals surface area contributed by atoms with Crippen molar-refractivity contribution in [3.63, 3.8) is 0 Å². The van der Waals surface area contributed by atoms with Crippen molar-refractivity contribution in [3.05, 3.63) is 35.9 Å². The number of likely N-dealkylation sites (tertiary alicyclic amines) is 1. The van der Waals surface area contributed by atoms with Gasteiger partial charge in [-0.15, -0.1) is 0 Å². The molecule has 0 aliphatic carbocycles. The first kappa shape index (κ1) is 14.5. The van der Waals surface area contributed by atoms with Gasteiger partial charge in [0, 0.05) is 32.7 Å². The Morgan fingerprint density at radius 2 is 2.16 bits per heavy atom. The highest BCUT2D eigenvalue weighted by Gasteiger charge is 2.22. The minimum absolute atomic E-state index is 0.447. The Balaban J connectivity index is 1.91. The smallest absolute Gasteiger partial charge is 0.0502 e. The number of benzene rings is 1. The van der Waals surface area contributed by atoms with Crippen molar-refractivity contribution >= 4 is 0 Å². The maximum Gasteiger partial charge on any atom is 0.0502 e. The summed E-state index contributed by atoms with van der Waals surface area (Å²) in [5.74, 6) is 1.13. The number of nitrogens with two attached hydrogens (primary N) is 1. The molecule has 0 amide bonds. The Labute approximate surface area is 116 Å². The number of nitrogens with zero attached hydrogens (tertiary/aromatic N) is 1. The van der Waals surface area contributed by atoms with Crippen LogP contribution in [-0.2, 0) is 4.74 Å². The van der Waals surface area contributed by atoms with Crippen LogP contribution in [0.15, 0.2) is 30.3 Å². The van der Waals surface area contributed by atoms with E-state index in [0.29, 0.717) is 11.8 Å². The molecule has 1 saturated heterocycles. The van der Waals surface area contributed by atoms with E-state index in [1.54, 1.807) is 7.11 Å². The number of hydrogen-bond acceptors (Lipinski definition) is 3. The largest absolute Gasteiger partial charge is 0.384 e. The SMILES string of the molecule is COCC1CCCN(CC(CN)c2ccccc2)C1. The second-order valence-electron chi connectivity index (χ2n) is 5.57. The third-order valence-electron chi connectivity index (χ3n) is 4.04. The third-order valence-corrected chi connectivity index (χ3v) is 4.04. The fourth-order valence-electron chi connectivity index (χ4n) is 3.04. The van der Waals surface area contributed by atoms with E-state index in [-0.39, 0.29) is 0 Å². The highest BCUT2D eigenvalue weighted by atomic mass is 16.5. The van der Waals surface area contributed by atoms with E-state index in [1.807, 2.05) is 0 Å². The second-order valence-corrected chi connectivity index (χ2v) is 5.57. The van der Waals surface area contributed by atoms with Crippen molar-refractivity contribution < 1.29 is 4.74 Å². The Kier molecular flexibility index (Phi) is 5.83.